The van der Waals surface area contributed by atoms with Crippen LogP contribution in [-0.4, -0.2) is 27.1 Å². The Morgan fingerprint density at radius 3 is 2.67 bits per heavy atom. The molecule has 0 bridgehead atoms. The van der Waals surface area contributed by atoms with E-state index in [0.717, 1.165) is 0 Å². The molecule has 0 spiro atoms. The van der Waals surface area contributed by atoms with Crippen LogP contribution in [0.25, 0.3) is 22.6 Å². The maximum absolute atomic E-state index is 12.9. The van der Waals surface area contributed by atoms with Gasteiger partial charge < -0.3 is 19.4 Å². The van der Waals surface area contributed by atoms with E-state index in [0.29, 0.717) is 22.5 Å². The first-order valence-electron chi connectivity index (χ1n) is 7.99. The van der Waals surface area contributed by atoms with Crippen LogP contribution in [-0.2, 0) is 0 Å². The molecular formula is C19H13N3O5. The molecule has 0 aliphatic carbocycles. The SMILES string of the molecule is Cc1noc2nc(-c3ccco3)cc(C(=O)Nc3ccccc3C(=O)O)c12. The minimum atomic E-state index is -1.14. The predicted molar refractivity (Wildman–Crippen MR) is 95.6 cm³/mol. The van der Waals surface area contributed by atoms with Gasteiger partial charge in [0.25, 0.3) is 11.6 Å². The van der Waals surface area contributed by atoms with E-state index in [1.54, 1.807) is 37.3 Å². The molecule has 0 atom stereocenters. The van der Waals surface area contributed by atoms with Crippen LogP contribution in [0.15, 0.2) is 57.7 Å². The molecule has 1 aromatic carbocycles. The Morgan fingerprint density at radius 2 is 1.93 bits per heavy atom. The van der Waals surface area contributed by atoms with Crippen molar-refractivity contribution in [3.05, 3.63) is 65.5 Å². The third-order valence-electron chi connectivity index (χ3n) is 4.04. The van der Waals surface area contributed by atoms with Crippen LogP contribution in [0.5, 0.6) is 0 Å². The van der Waals surface area contributed by atoms with E-state index < -0.39 is 11.9 Å². The van der Waals surface area contributed by atoms with Gasteiger partial charge in [-0.1, -0.05) is 17.3 Å². The molecule has 0 aliphatic heterocycles. The number of anilines is 1. The number of carbonyl (C=O) groups excluding carboxylic acids is 1. The van der Waals surface area contributed by atoms with Crippen molar-refractivity contribution in [1.82, 2.24) is 10.1 Å². The number of furan rings is 1. The minimum absolute atomic E-state index is 0.00977. The van der Waals surface area contributed by atoms with Gasteiger partial charge >= 0.3 is 5.97 Å². The van der Waals surface area contributed by atoms with Crippen LogP contribution in [0.4, 0.5) is 5.69 Å². The quantitative estimate of drug-likeness (QED) is 0.567. The number of aromatic nitrogens is 2. The summed E-state index contributed by atoms with van der Waals surface area (Å²) in [6.07, 6.45) is 1.50. The van der Waals surface area contributed by atoms with Crippen LogP contribution in [0.3, 0.4) is 0 Å². The van der Waals surface area contributed by atoms with Crippen molar-refractivity contribution in [3.63, 3.8) is 0 Å². The fraction of sp³-hybridized carbons (Fsp3) is 0.0526. The van der Waals surface area contributed by atoms with E-state index in [4.69, 9.17) is 8.94 Å². The zero-order valence-corrected chi connectivity index (χ0v) is 14.1. The first-order valence-corrected chi connectivity index (χ1v) is 7.99. The molecule has 4 rings (SSSR count). The molecule has 4 aromatic rings. The van der Waals surface area contributed by atoms with Crippen molar-refractivity contribution in [3.8, 4) is 11.5 Å². The number of hydrogen-bond donors (Lipinski definition) is 2. The largest absolute Gasteiger partial charge is 0.478 e. The lowest BCUT2D eigenvalue weighted by molar-refractivity contribution is 0.0698. The van der Waals surface area contributed by atoms with Crippen molar-refractivity contribution in [2.45, 2.75) is 6.92 Å². The summed E-state index contributed by atoms with van der Waals surface area (Å²) in [7, 11) is 0. The summed E-state index contributed by atoms with van der Waals surface area (Å²) >= 11 is 0. The number of rotatable bonds is 4. The van der Waals surface area contributed by atoms with E-state index >= 15 is 0 Å². The molecule has 0 radical (unpaired) electrons. The molecule has 0 saturated carbocycles. The summed E-state index contributed by atoms with van der Waals surface area (Å²) in [6.45, 7) is 1.70. The number of fused-ring (bicyclic) bond motifs is 1. The smallest absolute Gasteiger partial charge is 0.337 e. The Bertz CT molecular complexity index is 1160. The van der Waals surface area contributed by atoms with Gasteiger partial charge in [-0.15, -0.1) is 0 Å². The normalized spacial score (nSPS) is 10.9. The first-order chi connectivity index (χ1) is 13.0. The maximum atomic E-state index is 12.9. The highest BCUT2D eigenvalue weighted by molar-refractivity contribution is 6.14. The fourth-order valence-electron chi connectivity index (χ4n) is 2.79. The highest BCUT2D eigenvalue weighted by atomic mass is 16.5. The molecule has 8 nitrogen and oxygen atoms in total. The molecule has 2 N–H and O–H groups in total. The van der Waals surface area contributed by atoms with E-state index in [2.05, 4.69) is 15.5 Å². The van der Waals surface area contributed by atoms with Crippen molar-refractivity contribution < 1.29 is 23.6 Å². The monoisotopic (exact) mass is 363 g/mol. The number of aromatic carboxylic acids is 1. The van der Waals surface area contributed by atoms with E-state index in [-0.39, 0.29) is 22.5 Å². The van der Waals surface area contributed by atoms with Gasteiger partial charge in [0.1, 0.15) is 5.69 Å². The van der Waals surface area contributed by atoms with Gasteiger partial charge in [-0.25, -0.2) is 9.78 Å². The number of carbonyl (C=O) groups is 2. The molecule has 0 fully saturated rings. The van der Waals surface area contributed by atoms with Crippen LogP contribution >= 0.6 is 0 Å². The molecule has 1 amide bonds. The van der Waals surface area contributed by atoms with Gasteiger partial charge in [0.2, 0.25) is 0 Å². The standard InChI is InChI=1S/C19H13N3O5/c1-10-16-12(17(23)20-13-6-3-2-5-11(13)19(24)25)9-14(15-7-4-8-26-15)21-18(16)27-22-10/h2-9H,1H3,(H,20,23)(H,24,25). The van der Waals surface area contributed by atoms with E-state index in [9.17, 15) is 14.7 Å². The molecule has 3 aromatic heterocycles. The number of amides is 1. The predicted octanol–water partition coefficient (Wildman–Crippen LogP) is 3.74. The molecule has 0 saturated heterocycles. The third-order valence-corrected chi connectivity index (χ3v) is 4.04. The minimum Gasteiger partial charge on any atom is -0.478 e. The van der Waals surface area contributed by atoms with Crippen molar-refractivity contribution in [1.29, 1.82) is 0 Å². The Kier molecular flexibility index (Phi) is 3.92. The van der Waals surface area contributed by atoms with Crippen LogP contribution in [0, 0.1) is 6.92 Å². The van der Waals surface area contributed by atoms with Gasteiger partial charge in [-0.2, -0.15) is 0 Å². The van der Waals surface area contributed by atoms with Crippen molar-refractivity contribution in [2.75, 3.05) is 5.32 Å². The first kappa shape index (κ1) is 16.5. The summed E-state index contributed by atoms with van der Waals surface area (Å²) in [6, 6.07) is 11.1. The van der Waals surface area contributed by atoms with Gasteiger partial charge in [0.15, 0.2) is 5.76 Å². The Morgan fingerprint density at radius 1 is 1.11 bits per heavy atom. The third kappa shape index (κ3) is 2.93. The number of pyridine rings is 1. The number of para-hydroxylation sites is 1. The summed E-state index contributed by atoms with van der Waals surface area (Å²) in [5.74, 6) is -1.18. The van der Waals surface area contributed by atoms with Gasteiger partial charge in [0.05, 0.1) is 34.2 Å². The summed E-state index contributed by atoms with van der Waals surface area (Å²) in [5.41, 5.74) is 1.53. The number of aryl methyl sites for hydroxylation is 1. The number of carboxylic acid groups (broad SMARTS) is 1. The molecule has 134 valence electrons. The van der Waals surface area contributed by atoms with Crippen molar-refractivity contribution in [2.24, 2.45) is 0 Å². The lowest BCUT2D eigenvalue weighted by atomic mass is 10.1. The van der Waals surface area contributed by atoms with Gasteiger partial charge in [0, 0.05) is 0 Å². The second-order valence-electron chi connectivity index (χ2n) is 5.79. The number of nitrogens with one attached hydrogen (secondary N) is 1. The summed E-state index contributed by atoms with van der Waals surface area (Å²) in [4.78, 5) is 28.7. The molecule has 0 aliphatic rings. The zero-order chi connectivity index (χ0) is 19.0. The Hall–Kier alpha value is -3.94. The van der Waals surface area contributed by atoms with Crippen LogP contribution in [0.2, 0.25) is 0 Å². The number of nitrogens with zero attached hydrogens (tertiary/aromatic N) is 2. The second-order valence-corrected chi connectivity index (χ2v) is 5.79. The average molecular weight is 363 g/mol. The molecule has 8 heteroatoms. The summed E-state index contributed by atoms with van der Waals surface area (Å²) in [5, 5.41) is 16.3. The van der Waals surface area contributed by atoms with Crippen LogP contribution in [0.1, 0.15) is 26.4 Å². The van der Waals surface area contributed by atoms with Crippen LogP contribution < -0.4 is 5.32 Å². The summed E-state index contributed by atoms with van der Waals surface area (Å²) < 4.78 is 10.6. The number of carboxylic acids is 1. The lowest BCUT2D eigenvalue weighted by Crippen LogP contribution is -2.15. The molecular weight excluding hydrogens is 350 g/mol. The van der Waals surface area contributed by atoms with E-state index in [1.807, 2.05) is 0 Å². The van der Waals surface area contributed by atoms with Crippen molar-refractivity contribution >= 4 is 28.7 Å². The highest BCUT2D eigenvalue weighted by Gasteiger charge is 2.21. The Labute approximate surface area is 152 Å². The number of hydrogen-bond acceptors (Lipinski definition) is 6. The van der Waals surface area contributed by atoms with Gasteiger partial charge in [-0.05, 0) is 37.3 Å². The number of benzene rings is 1. The maximum Gasteiger partial charge on any atom is 0.337 e. The van der Waals surface area contributed by atoms with Gasteiger partial charge in [-0.3, -0.25) is 4.79 Å². The zero-order valence-electron chi connectivity index (χ0n) is 14.1. The highest BCUT2D eigenvalue weighted by Crippen LogP contribution is 2.28. The topological polar surface area (TPSA) is 118 Å². The van der Waals surface area contributed by atoms with E-state index in [1.165, 1.54) is 18.4 Å². The second kappa shape index (κ2) is 6.41. The molecule has 3 heterocycles. The fourth-order valence-corrected chi connectivity index (χ4v) is 2.79. The molecule has 0 unspecified atom stereocenters. The Balaban J connectivity index is 1.82. The molecule has 27 heavy (non-hydrogen) atoms. The lowest BCUT2D eigenvalue weighted by Gasteiger charge is -2.09. The average Bonchev–Trinajstić information content (AvgIpc) is 3.31.